The van der Waals surface area contributed by atoms with E-state index >= 15 is 0 Å². The summed E-state index contributed by atoms with van der Waals surface area (Å²) in [5.41, 5.74) is -0.207. The lowest BCUT2D eigenvalue weighted by molar-refractivity contribution is -0.165. The van der Waals surface area contributed by atoms with E-state index in [0.29, 0.717) is 18.4 Å². The van der Waals surface area contributed by atoms with Gasteiger partial charge < -0.3 is 9.47 Å². The van der Waals surface area contributed by atoms with E-state index in [1.54, 1.807) is 0 Å². The Balaban J connectivity index is 2.13. The van der Waals surface area contributed by atoms with E-state index in [9.17, 15) is 9.59 Å². The van der Waals surface area contributed by atoms with Crippen LogP contribution in [-0.2, 0) is 19.1 Å². The normalized spacial score (nSPS) is 47.3. The van der Waals surface area contributed by atoms with Crippen LogP contribution in [0.25, 0.3) is 0 Å². The minimum atomic E-state index is -1.44. The van der Waals surface area contributed by atoms with Gasteiger partial charge in [0.1, 0.15) is 12.2 Å². The average molecular weight is 322 g/mol. The van der Waals surface area contributed by atoms with Crippen LogP contribution >= 0.6 is 0 Å². The molecule has 0 aromatic heterocycles. The molecule has 6 atom stereocenters. The molecule has 0 spiro atoms. The molecule has 3 saturated carbocycles. The second-order valence-electron chi connectivity index (χ2n) is 8.24. The summed E-state index contributed by atoms with van der Waals surface area (Å²) in [6.07, 6.45) is -1.18. The van der Waals surface area contributed by atoms with Crippen LogP contribution in [0.4, 0.5) is 0 Å². The lowest BCUT2D eigenvalue weighted by Gasteiger charge is -2.42. The SMILES string of the molecule is [2H]C1([2H])C(=C)[C@@H]2[C@@H]3[C@@H]1C[C@]2(C)[C@H](OC(C)=O)C[C@@H](OC(C)=O)C3(C)C. The molecule has 3 aliphatic carbocycles. The molecule has 0 aliphatic heterocycles. The molecular formula is C19H28O4. The molecule has 0 amide bonds. The van der Waals surface area contributed by atoms with Crippen molar-refractivity contribution < 1.29 is 21.8 Å². The molecule has 3 fully saturated rings. The third kappa shape index (κ3) is 2.33. The van der Waals surface area contributed by atoms with Crippen molar-refractivity contribution in [3.8, 4) is 0 Å². The highest BCUT2D eigenvalue weighted by atomic mass is 16.6. The monoisotopic (exact) mass is 322 g/mol. The first-order valence-electron chi connectivity index (χ1n) is 9.37. The first kappa shape index (κ1) is 14.1. The van der Waals surface area contributed by atoms with E-state index in [2.05, 4.69) is 13.5 Å². The Hall–Kier alpha value is -1.32. The topological polar surface area (TPSA) is 52.6 Å². The standard InChI is InChI=1S/C19H28O4/c1-10-7-13-9-19(6)15(23-12(3)21)8-14(22-11(2)20)18(4,5)17(13)16(10)19/h13-17H,1,7-9H2,2-6H3/t13-,14+,15+,16+,17-,19+/m0/s1/i7D2. The van der Waals surface area contributed by atoms with Crippen LogP contribution in [-0.4, -0.2) is 24.1 Å². The molecule has 0 aromatic carbocycles. The zero-order valence-corrected chi connectivity index (χ0v) is 14.6. The van der Waals surface area contributed by atoms with Gasteiger partial charge in [0, 0.05) is 33.8 Å². The Morgan fingerprint density at radius 3 is 2.30 bits per heavy atom. The molecule has 4 heteroatoms. The van der Waals surface area contributed by atoms with E-state index in [-0.39, 0.29) is 35.1 Å². The van der Waals surface area contributed by atoms with Crippen LogP contribution in [0.5, 0.6) is 0 Å². The number of rotatable bonds is 2. The van der Waals surface area contributed by atoms with Crippen LogP contribution in [0.1, 0.15) is 56.6 Å². The summed E-state index contributed by atoms with van der Waals surface area (Å²) in [7, 11) is 0. The summed E-state index contributed by atoms with van der Waals surface area (Å²) < 4.78 is 28.4. The largest absolute Gasteiger partial charge is 0.462 e. The van der Waals surface area contributed by atoms with E-state index in [4.69, 9.17) is 12.2 Å². The highest BCUT2D eigenvalue weighted by molar-refractivity contribution is 5.67. The lowest BCUT2D eigenvalue weighted by atomic mass is 9.68. The first-order chi connectivity index (χ1) is 11.3. The van der Waals surface area contributed by atoms with E-state index in [1.807, 2.05) is 13.8 Å². The van der Waals surface area contributed by atoms with E-state index < -0.39 is 24.0 Å². The van der Waals surface area contributed by atoms with Crippen molar-refractivity contribution in [2.75, 3.05) is 0 Å². The Bertz CT molecular complexity index is 641. The average Bonchev–Trinajstić information content (AvgIpc) is 2.85. The second-order valence-corrected chi connectivity index (χ2v) is 8.24. The highest BCUT2D eigenvalue weighted by Crippen LogP contribution is 2.70. The van der Waals surface area contributed by atoms with Crippen LogP contribution in [0, 0.1) is 28.6 Å². The van der Waals surface area contributed by atoms with Gasteiger partial charge in [-0.05, 0) is 30.5 Å². The highest BCUT2D eigenvalue weighted by Gasteiger charge is 2.67. The van der Waals surface area contributed by atoms with Gasteiger partial charge in [-0.3, -0.25) is 9.59 Å². The Morgan fingerprint density at radius 1 is 1.17 bits per heavy atom. The van der Waals surface area contributed by atoms with Gasteiger partial charge in [0.25, 0.3) is 0 Å². The number of hydrogen-bond donors (Lipinski definition) is 0. The van der Waals surface area contributed by atoms with Crippen molar-refractivity contribution >= 4 is 11.9 Å². The van der Waals surface area contributed by atoms with Crippen molar-refractivity contribution in [3.63, 3.8) is 0 Å². The van der Waals surface area contributed by atoms with Gasteiger partial charge in [0.05, 0.1) is 0 Å². The number of hydrogen-bond acceptors (Lipinski definition) is 4. The molecule has 0 N–H and O–H groups in total. The fourth-order valence-corrected chi connectivity index (χ4v) is 5.50. The van der Waals surface area contributed by atoms with Crippen molar-refractivity contribution in [3.05, 3.63) is 12.2 Å². The van der Waals surface area contributed by atoms with Gasteiger partial charge in [0.15, 0.2) is 0 Å². The third-order valence-corrected chi connectivity index (χ3v) is 6.38. The van der Waals surface area contributed by atoms with Crippen molar-refractivity contribution in [1.82, 2.24) is 0 Å². The molecule has 4 nitrogen and oxygen atoms in total. The molecule has 4 bridgehead atoms. The van der Waals surface area contributed by atoms with Crippen LogP contribution < -0.4 is 0 Å². The molecule has 23 heavy (non-hydrogen) atoms. The van der Waals surface area contributed by atoms with E-state index in [0.717, 1.165) is 0 Å². The predicted molar refractivity (Wildman–Crippen MR) is 86.5 cm³/mol. The summed E-state index contributed by atoms with van der Waals surface area (Å²) in [6, 6.07) is 0. The quantitative estimate of drug-likeness (QED) is 0.577. The summed E-state index contributed by atoms with van der Waals surface area (Å²) in [6.45, 7) is 13.0. The van der Waals surface area contributed by atoms with Gasteiger partial charge in [-0.2, -0.15) is 0 Å². The molecule has 3 rings (SSSR count). The number of carbonyl (C=O) groups is 2. The smallest absolute Gasteiger partial charge is 0.302 e. The summed E-state index contributed by atoms with van der Waals surface area (Å²) >= 11 is 0. The molecule has 0 radical (unpaired) electrons. The summed E-state index contributed by atoms with van der Waals surface area (Å²) in [5.74, 6) is -1.02. The van der Waals surface area contributed by atoms with E-state index in [1.165, 1.54) is 13.8 Å². The zero-order valence-electron chi connectivity index (χ0n) is 16.6. The maximum absolute atomic E-state index is 11.7. The molecule has 128 valence electrons. The Labute approximate surface area is 141 Å². The van der Waals surface area contributed by atoms with Gasteiger partial charge in [-0.1, -0.05) is 32.9 Å². The number of carbonyl (C=O) groups excluding carboxylic acids is 2. The number of allylic oxidation sites excluding steroid dienone is 1. The predicted octanol–water partition coefficient (Wildman–Crippen LogP) is 3.50. The van der Waals surface area contributed by atoms with Crippen molar-refractivity contribution in [2.24, 2.45) is 28.6 Å². The van der Waals surface area contributed by atoms with Gasteiger partial charge in [-0.15, -0.1) is 0 Å². The molecule has 0 saturated heterocycles. The number of esters is 2. The molecule has 0 aromatic rings. The van der Waals surface area contributed by atoms with Crippen LogP contribution in [0.3, 0.4) is 0 Å². The van der Waals surface area contributed by atoms with Gasteiger partial charge in [0.2, 0.25) is 0 Å². The van der Waals surface area contributed by atoms with Crippen molar-refractivity contribution in [2.45, 2.75) is 66.0 Å². The molecule has 0 heterocycles. The molecule has 3 aliphatic rings. The Kier molecular flexibility index (Phi) is 3.11. The fourth-order valence-electron chi connectivity index (χ4n) is 5.50. The molecular weight excluding hydrogens is 292 g/mol. The molecule has 0 unspecified atom stereocenters. The summed E-state index contributed by atoms with van der Waals surface area (Å²) in [4.78, 5) is 23.4. The minimum Gasteiger partial charge on any atom is -0.462 e. The van der Waals surface area contributed by atoms with Crippen LogP contribution in [0.2, 0.25) is 0 Å². The van der Waals surface area contributed by atoms with Crippen molar-refractivity contribution in [1.29, 1.82) is 0 Å². The first-order valence-corrected chi connectivity index (χ1v) is 8.37. The van der Waals surface area contributed by atoms with Gasteiger partial charge in [-0.25, -0.2) is 0 Å². The maximum atomic E-state index is 11.7. The minimum absolute atomic E-state index is 0.00454. The van der Waals surface area contributed by atoms with Gasteiger partial charge >= 0.3 is 11.9 Å². The third-order valence-electron chi connectivity index (χ3n) is 6.38. The Morgan fingerprint density at radius 2 is 1.74 bits per heavy atom. The van der Waals surface area contributed by atoms with Crippen LogP contribution in [0.15, 0.2) is 12.2 Å². The maximum Gasteiger partial charge on any atom is 0.302 e. The zero-order chi connectivity index (χ0) is 18.9. The summed E-state index contributed by atoms with van der Waals surface area (Å²) in [5, 5.41) is 0. The fraction of sp³-hybridized carbons (Fsp3) is 0.789. The second kappa shape index (κ2) is 5.09. The lowest BCUT2D eigenvalue weighted by Crippen LogP contribution is -2.44. The number of ether oxygens (including phenoxy) is 2.